The maximum atomic E-state index is 12.5. The van der Waals surface area contributed by atoms with E-state index in [0.29, 0.717) is 16.7 Å². The van der Waals surface area contributed by atoms with Gasteiger partial charge in [0.25, 0.3) is 5.91 Å². The van der Waals surface area contributed by atoms with Gasteiger partial charge < -0.3 is 10.4 Å². The predicted molar refractivity (Wildman–Crippen MR) is 103 cm³/mol. The van der Waals surface area contributed by atoms with Gasteiger partial charge in [-0.25, -0.2) is 4.98 Å². The molecule has 26 heavy (non-hydrogen) atoms. The highest BCUT2D eigenvalue weighted by Gasteiger charge is 2.22. The third-order valence-corrected chi connectivity index (χ3v) is 5.57. The molecule has 136 valence electrons. The zero-order valence-corrected chi connectivity index (χ0v) is 15.4. The van der Waals surface area contributed by atoms with Crippen LogP contribution in [0.3, 0.4) is 0 Å². The number of amides is 2. The van der Waals surface area contributed by atoms with Crippen molar-refractivity contribution in [2.24, 2.45) is 5.92 Å². The molecule has 1 aromatic carbocycles. The molecule has 1 aromatic heterocycles. The van der Waals surface area contributed by atoms with Gasteiger partial charge in [-0.15, -0.1) is 11.3 Å². The number of anilines is 2. The number of hydrogen-bond acceptors (Lipinski definition) is 5. The van der Waals surface area contributed by atoms with Gasteiger partial charge in [-0.3, -0.25) is 14.9 Å². The number of nitrogens with one attached hydrogen (secondary N) is 2. The summed E-state index contributed by atoms with van der Waals surface area (Å²) in [6, 6.07) is 4.31. The summed E-state index contributed by atoms with van der Waals surface area (Å²) in [5.41, 5.74) is 1.54. The van der Waals surface area contributed by atoms with Crippen LogP contribution in [-0.4, -0.2) is 21.9 Å². The second-order valence-corrected chi connectivity index (χ2v) is 7.37. The van der Waals surface area contributed by atoms with Crippen molar-refractivity contribution >= 4 is 34.0 Å². The molecule has 0 fully saturated rings. The molecular weight excluding hydrogens is 350 g/mol. The number of aromatic nitrogens is 1. The Morgan fingerprint density at radius 3 is 2.96 bits per heavy atom. The summed E-state index contributed by atoms with van der Waals surface area (Å²) >= 11 is 1.49. The Kier molecular flexibility index (Phi) is 5.37. The van der Waals surface area contributed by atoms with Crippen molar-refractivity contribution in [2.45, 2.75) is 32.6 Å². The number of thiazole rings is 1. The van der Waals surface area contributed by atoms with E-state index < -0.39 is 5.91 Å². The Bertz CT molecular complexity index is 860. The van der Waals surface area contributed by atoms with Gasteiger partial charge in [0.15, 0.2) is 5.13 Å². The van der Waals surface area contributed by atoms with Gasteiger partial charge in [0.05, 0.1) is 11.3 Å². The first-order valence-electron chi connectivity index (χ1n) is 8.56. The van der Waals surface area contributed by atoms with Crippen LogP contribution < -0.4 is 10.6 Å². The Balaban J connectivity index is 1.76. The van der Waals surface area contributed by atoms with Crippen molar-refractivity contribution in [2.75, 3.05) is 10.6 Å². The van der Waals surface area contributed by atoms with Crippen LogP contribution in [0.5, 0.6) is 5.75 Å². The molecule has 1 aliphatic rings. The fourth-order valence-corrected chi connectivity index (χ4v) is 4.12. The molecule has 1 heterocycles. The average molecular weight is 371 g/mol. The summed E-state index contributed by atoms with van der Waals surface area (Å²) in [5.74, 6) is -0.331. The number of aromatic hydroxyl groups is 1. The summed E-state index contributed by atoms with van der Waals surface area (Å²) < 4.78 is 0. The van der Waals surface area contributed by atoms with E-state index in [1.54, 1.807) is 0 Å². The van der Waals surface area contributed by atoms with Gasteiger partial charge in [-0.05, 0) is 49.5 Å². The summed E-state index contributed by atoms with van der Waals surface area (Å²) in [7, 11) is 0. The van der Waals surface area contributed by atoms with Crippen molar-refractivity contribution < 1.29 is 14.7 Å². The molecule has 2 amide bonds. The quantitative estimate of drug-likeness (QED) is 0.551. The first-order chi connectivity index (χ1) is 12.5. The first kappa shape index (κ1) is 18.1. The fraction of sp³-hybridized carbons (Fsp3) is 0.316. The highest BCUT2D eigenvalue weighted by Crippen LogP contribution is 2.34. The molecule has 1 aliphatic carbocycles. The van der Waals surface area contributed by atoms with Crippen LogP contribution in [0.2, 0.25) is 0 Å². The van der Waals surface area contributed by atoms with Crippen LogP contribution in [-0.2, 0) is 17.6 Å². The van der Waals surface area contributed by atoms with Crippen molar-refractivity contribution in [3.05, 3.63) is 47.0 Å². The molecule has 3 rings (SSSR count). The number of phenolic OH excluding ortho intramolecular Hbond substituents is 1. The molecule has 1 atom stereocenters. The highest BCUT2D eigenvalue weighted by molar-refractivity contribution is 7.15. The topological polar surface area (TPSA) is 91.3 Å². The zero-order valence-electron chi connectivity index (χ0n) is 14.5. The largest absolute Gasteiger partial charge is 0.507 e. The molecule has 6 nitrogen and oxygen atoms in total. The molecule has 2 aromatic rings. The van der Waals surface area contributed by atoms with Crippen molar-refractivity contribution in [3.8, 4) is 5.75 Å². The molecule has 0 saturated heterocycles. The smallest absolute Gasteiger partial charge is 0.261 e. The second kappa shape index (κ2) is 7.70. The number of carbonyl (C=O) groups is 2. The Morgan fingerprint density at radius 1 is 1.42 bits per heavy atom. The number of hydrogen-bond donors (Lipinski definition) is 3. The van der Waals surface area contributed by atoms with Gasteiger partial charge in [-0.1, -0.05) is 19.9 Å². The third-order valence-electron chi connectivity index (χ3n) is 4.53. The Labute approximate surface area is 156 Å². The Morgan fingerprint density at radius 2 is 2.23 bits per heavy atom. The SMILES string of the molecule is C=CC(=O)Nc1ccc(O)c(C(=O)Nc2nc3c(s2)CC(CC)CC3)c1. The number of aryl methyl sites for hydroxylation is 1. The van der Waals surface area contributed by atoms with E-state index in [1.807, 2.05) is 0 Å². The zero-order chi connectivity index (χ0) is 18.7. The normalized spacial score (nSPS) is 15.8. The van der Waals surface area contributed by atoms with E-state index in [2.05, 4.69) is 29.1 Å². The third kappa shape index (κ3) is 3.94. The molecule has 0 spiro atoms. The summed E-state index contributed by atoms with van der Waals surface area (Å²) in [6.45, 7) is 5.58. The van der Waals surface area contributed by atoms with Crippen LogP contribution in [0, 0.1) is 5.92 Å². The molecule has 3 N–H and O–H groups in total. The van der Waals surface area contributed by atoms with Crippen molar-refractivity contribution in [1.82, 2.24) is 4.98 Å². The number of phenols is 1. The molecule has 1 unspecified atom stereocenters. The standard InChI is InChI=1S/C19H21N3O3S/c1-3-11-5-7-14-16(9-11)26-19(21-14)22-18(25)13-10-12(6-8-15(13)23)20-17(24)4-2/h4,6,8,10-11,23H,2-3,5,7,9H2,1H3,(H,20,24)(H,21,22,25). The van der Waals surface area contributed by atoms with Crippen LogP contribution >= 0.6 is 11.3 Å². The van der Waals surface area contributed by atoms with Gasteiger partial charge in [0.1, 0.15) is 5.75 Å². The van der Waals surface area contributed by atoms with Crippen molar-refractivity contribution in [3.63, 3.8) is 0 Å². The van der Waals surface area contributed by atoms with E-state index >= 15 is 0 Å². The number of benzene rings is 1. The summed E-state index contributed by atoms with van der Waals surface area (Å²) in [4.78, 5) is 29.7. The molecule has 0 aliphatic heterocycles. The molecular formula is C19H21N3O3S. The molecule has 0 bridgehead atoms. The second-order valence-electron chi connectivity index (χ2n) is 6.29. The Hall–Kier alpha value is -2.67. The number of rotatable bonds is 5. The predicted octanol–water partition coefficient (Wildman–Crippen LogP) is 3.74. The molecule has 7 heteroatoms. The van der Waals surface area contributed by atoms with Crippen LogP contribution in [0.1, 0.15) is 40.7 Å². The lowest BCUT2D eigenvalue weighted by Crippen LogP contribution is -2.14. The fourth-order valence-electron chi connectivity index (χ4n) is 3.00. The monoisotopic (exact) mass is 371 g/mol. The first-order valence-corrected chi connectivity index (χ1v) is 9.38. The number of fused-ring (bicyclic) bond motifs is 1. The highest BCUT2D eigenvalue weighted by atomic mass is 32.1. The number of nitrogens with zero attached hydrogens (tertiary/aromatic N) is 1. The van der Waals surface area contributed by atoms with E-state index in [-0.39, 0.29) is 17.2 Å². The summed E-state index contributed by atoms with van der Waals surface area (Å²) in [5, 5.41) is 15.9. The van der Waals surface area contributed by atoms with Crippen molar-refractivity contribution in [1.29, 1.82) is 0 Å². The minimum Gasteiger partial charge on any atom is -0.507 e. The van der Waals surface area contributed by atoms with Gasteiger partial charge in [0.2, 0.25) is 5.91 Å². The minimum atomic E-state index is -0.463. The van der Waals surface area contributed by atoms with E-state index in [9.17, 15) is 14.7 Å². The number of carbonyl (C=O) groups excluding carboxylic acids is 2. The average Bonchev–Trinajstić information content (AvgIpc) is 3.04. The summed E-state index contributed by atoms with van der Waals surface area (Å²) in [6.07, 6.45) is 5.36. The lowest BCUT2D eigenvalue weighted by molar-refractivity contribution is -0.111. The lowest BCUT2D eigenvalue weighted by Gasteiger charge is -2.18. The van der Waals surface area contributed by atoms with E-state index in [0.717, 1.165) is 37.5 Å². The van der Waals surface area contributed by atoms with Crippen LogP contribution in [0.4, 0.5) is 10.8 Å². The van der Waals surface area contributed by atoms with E-state index in [1.165, 1.54) is 34.4 Å². The van der Waals surface area contributed by atoms with Crippen LogP contribution in [0.25, 0.3) is 0 Å². The molecule has 0 saturated carbocycles. The van der Waals surface area contributed by atoms with Crippen LogP contribution in [0.15, 0.2) is 30.9 Å². The van der Waals surface area contributed by atoms with Gasteiger partial charge in [0, 0.05) is 10.6 Å². The van der Waals surface area contributed by atoms with Gasteiger partial charge >= 0.3 is 0 Å². The molecule has 0 radical (unpaired) electrons. The minimum absolute atomic E-state index is 0.0754. The van der Waals surface area contributed by atoms with Gasteiger partial charge in [-0.2, -0.15) is 0 Å². The maximum absolute atomic E-state index is 12.5. The lowest BCUT2D eigenvalue weighted by atomic mass is 9.89. The van der Waals surface area contributed by atoms with E-state index in [4.69, 9.17) is 0 Å². The maximum Gasteiger partial charge on any atom is 0.261 e.